The number of nitrogens with one attached hydrogen (secondary N) is 3. The fourth-order valence-electron chi connectivity index (χ4n) is 4.35. The third-order valence-electron chi connectivity index (χ3n) is 5.86. The Morgan fingerprint density at radius 3 is 2.19 bits per heavy atom. The monoisotopic (exact) mass is 356 g/mol. The van der Waals surface area contributed by atoms with Gasteiger partial charge in [0.1, 0.15) is 0 Å². The average Bonchev–Trinajstić information content (AvgIpc) is 3.39. The van der Waals surface area contributed by atoms with Gasteiger partial charge in [-0.05, 0) is 72.0 Å². The first-order chi connectivity index (χ1) is 13.3. The average molecular weight is 356 g/mol. The van der Waals surface area contributed by atoms with Crippen molar-refractivity contribution in [1.29, 1.82) is 0 Å². The molecule has 1 aliphatic heterocycles. The maximum absolute atomic E-state index is 4.16. The summed E-state index contributed by atoms with van der Waals surface area (Å²) in [7, 11) is 0. The minimum Gasteiger partial charge on any atom is -0.347 e. The predicted molar refractivity (Wildman–Crippen MR) is 109 cm³/mol. The summed E-state index contributed by atoms with van der Waals surface area (Å²) in [4.78, 5) is 7.40. The first kappa shape index (κ1) is 16.2. The van der Waals surface area contributed by atoms with E-state index in [1.807, 2.05) is 12.4 Å². The number of rotatable bonds is 3. The van der Waals surface area contributed by atoms with Crippen LogP contribution in [-0.4, -0.2) is 9.97 Å². The third-order valence-corrected chi connectivity index (χ3v) is 5.86. The molecule has 2 heterocycles. The van der Waals surface area contributed by atoms with Gasteiger partial charge in [-0.3, -0.25) is 0 Å². The van der Waals surface area contributed by atoms with Crippen LogP contribution in [0.1, 0.15) is 44.2 Å². The molecule has 0 spiro atoms. The Kier molecular flexibility index (Phi) is 3.97. The lowest BCUT2D eigenvalue weighted by molar-refractivity contribution is 0.824. The van der Waals surface area contributed by atoms with Crippen LogP contribution >= 0.6 is 0 Å². The van der Waals surface area contributed by atoms with Crippen LogP contribution in [0.15, 0.2) is 89.0 Å². The highest BCUT2D eigenvalue weighted by Gasteiger charge is 2.21. The van der Waals surface area contributed by atoms with Crippen LogP contribution in [0, 0.1) is 0 Å². The predicted octanol–water partition coefficient (Wildman–Crippen LogP) is 4.76. The van der Waals surface area contributed by atoms with Gasteiger partial charge in [-0.25, -0.2) is 4.98 Å². The second-order valence-corrected chi connectivity index (χ2v) is 7.54. The van der Waals surface area contributed by atoms with Crippen molar-refractivity contribution in [2.75, 3.05) is 0 Å². The Hall–Kier alpha value is -3.01. The normalized spacial score (nSPS) is 22.1. The minimum absolute atomic E-state index is 0.856. The summed E-state index contributed by atoms with van der Waals surface area (Å²) in [6.07, 6.45) is 21.8. The van der Waals surface area contributed by atoms with Gasteiger partial charge in [0.25, 0.3) is 0 Å². The van der Waals surface area contributed by atoms with E-state index in [-0.39, 0.29) is 0 Å². The molecule has 4 heteroatoms. The lowest BCUT2D eigenvalue weighted by atomic mass is 9.80. The molecule has 4 aliphatic rings. The summed E-state index contributed by atoms with van der Waals surface area (Å²) >= 11 is 0. The van der Waals surface area contributed by atoms with Gasteiger partial charge in [-0.15, -0.1) is 0 Å². The molecule has 0 saturated carbocycles. The van der Waals surface area contributed by atoms with Crippen molar-refractivity contribution >= 4 is 5.57 Å². The Balaban J connectivity index is 1.36. The van der Waals surface area contributed by atoms with E-state index in [2.05, 4.69) is 51.5 Å². The first-order valence-electron chi connectivity index (χ1n) is 9.71. The highest BCUT2D eigenvalue weighted by Crippen LogP contribution is 2.39. The van der Waals surface area contributed by atoms with Crippen molar-refractivity contribution < 1.29 is 0 Å². The molecule has 1 aromatic heterocycles. The van der Waals surface area contributed by atoms with Gasteiger partial charge in [0, 0.05) is 6.20 Å². The smallest absolute Gasteiger partial charge is 0.0998 e. The van der Waals surface area contributed by atoms with E-state index in [1.54, 1.807) is 6.33 Å². The van der Waals surface area contributed by atoms with Gasteiger partial charge in [-0.1, -0.05) is 30.9 Å². The maximum Gasteiger partial charge on any atom is 0.0998 e. The van der Waals surface area contributed by atoms with Crippen LogP contribution in [0.5, 0.6) is 0 Å². The van der Waals surface area contributed by atoms with Gasteiger partial charge in [0.15, 0.2) is 0 Å². The van der Waals surface area contributed by atoms with E-state index in [9.17, 15) is 0 Å². The van der Waals surface area contributed by atoms with Gasteiger partial charge in [0.05, 0.1) is 29.7 Å². The number of hydrogen-bond donors (Lipinski definition) is 3. The molecule has 1 aromatic rings. The summed E-state index contributed by atoms with van der Waals surface area (Å²) in [6, 6.07) is 0. The Morgan fingerprint density at radius 2 is 1.52 bits per heavy atom. The molecule has 0 bridgehead atoms. The molecule has 0 fully saturated rings. The van der Waals surface area contributed by atoms with Gasteiger partial charge >= 0.3 is 0 Å². The number of aromatic amines is 1. The molecule has 3 N–H and O–H groups in total. The van der Waals surface area contributed by atoms with Crippen molar-refractivity contribution in [1.82, 2.24) is 20.6 Å². The van der Waals surface area contributed by atoms with E-state index in [0.29, 0.717) is 0 Å². The van der Waals surface area contributed by atoms with Crippen LogP contribution in [0.2, 0.25) is 0 Å². The van der Waals surface area contributed by atoms with Crippen LogP contribution in [0.4, 0.5) is 0 Å². The second-order valence-electron chi connectivity index (χ2n) is 7.54. The fourth-order valence-corrected chi connectivity index (χ4v) is 4.35. The van der Waals surface area contributed by atoms with Gasteiger partial charge in [-0.2, -0.15) is 0 Å². The molecule has 0 atom stereocenters. The standard InChI is InChI=1S/C23H24N4/c1-15-25-13-23(27-15)17-4-2-16(3-5-17)18-6-7-20-11-21(9-8-19(20)10-18)22-12-24-14-26-22/h2,4,10-14,25,27H,1,3,5-9H2,(H,24,26). The maximum atomic E-state index is 4.16. The van der Waals surface area contributed by atoms with Crippen molar-refractivity contribution in [3.63, 3.8) is 0 Å². The summed E-state index contributed by atoms with van der Waals surface area (Å²) in [5, 5.41) is 6.42. The largest absolute Gasteiger partial charge is 0.347 e. The van der Waals surface area contributed by atoms with Crippen molar-refractivity contribution in [3.05, 3.63) is 94.7 Å². The number of aromatic nitrogens is 2. The quantitative estimate of drug-likeness (QED) is 0.732. The molecule has 4 nitrogen and oxygen atoms in total. The Bertz CT molecular complexity index is 978. The molecule has 0 aromatic carbocycles. The molecule has 0 unspecified atom stereocenters. The van der Waals surface area contributed by atoms with Crippen LogP contribution in [-0.2, 0) is 0 Å². The zero-order valence-corrected chi connectivity index (χ0v) is 15.4. The molecular weight excluding hydrogens is 332 g/mol. The molecule has 5 rings (SSSR count). The summed E-state index contributed by atoms with van der Waals surface area (Å²) in [5.41, 5.74) is 11.1. The highest BCUT2D eigenvalue weighted by molar-refractivity contribution is 5.69. The number of allylic oxidation sites excluding steroid dienone is 10. The van der Waals surface area contributed by atoms with Crippen LogP contribution < -0.4 is 10.6 Å². The minimum atomic E-state index is 0.856. The molecule has 0 radical (unpaired) electrons. The number of hydrogen-bond acceptors (Lipinski definition) is 3. The number of H-pyrrole nitrogens is 1. The number of nitrogens with zero attached hydrogens (tertiary/aromatic N) is 1. The molecule has 0 saturated heterocycles. The third kappa shape index (κ3) is 3.12. The topological polar surface area (TPSA) is 52.7 Å². The fraction of sp³-hybridized carbons (Fsp3) is 0.261. The molecular formula is C23H24N4. The second kappa shape index (κ2) is 6.62. The Labute approximate surface area is 159 Å². The molecule has 27 heavy (non-hydrogen) atoms. The van der Waals surface area contributed by atoms with E-state index in [1.165, 1.54) is 33.4 Å². The molecule has 3 aliphatic carbocycles. The lowest BCUT2D eigenvalue weighted by Gasteiger charge is -2.26. The zero-order chi connectivity index (χ0) is 18.2. The van der Waals surface area contributed by atoms with Crippen molar-refractivity contribution in [3.8, 4) is 0 Å². The summed E-state index contributed by atoms with van der Waals surface area (Å²) < 4.78 is 0. The highest BCUT2D eigenvalue weighted by atomic mass is 15.1. The van der Waals surface area contributed by atoms with E-state index >= 15 is 0 Å². The van der Waals surface area contributed by atoms with Crippen molar-refractivity contribution in [2.45, 2.75) is 38.5 Å². The van der Waals surface area contributed by atoms with Crippen LogP contribution in [0.25, 0.3) is 5.57 Å². The van der Waals surface area contributed by atoms with Gasteiger partial charge < -0.3 is 15.6 Å². The summed E-state index contributed by atoms with van der Waals surface area (Å²) in [6.45, 7) is 3.91. The number of imidazole rings is 1. The molecule has 136 valence electrons. The zero-order valence-electron chi connectivity index (χ0n) is 15.4. The van der Waals surface area contributed by atoms with E-state index in [0.717, 1.165) is 55.7 Å². The molecule has 0 amide bonds. The van der Waals surface area contributed by atoms with E-state index in [4.69, 9.17) is 0 Å². The van der Waals surface area contributed by atoms with Gasteiger partial charge in [0.2, 0.25) is 0 Å². The Morgan fingerprint density at radius 1 is 0.815 bits per heavy atom. The lowest BCUT2D eigenvalue weighted by Crippen LogP contribution is -2.12. The van der Waals surface area contributed by atoms with Crippen LogP contribution in [0.3, 0.4) is 0 Å². The first-order valence-corrected chi connectivity index (χ1v) is 9.71. The van der Waals surface area contributed by atoms with Crippen molar-refractivity contribution in [2.24, 2.45) is 0 Å². The summed E-state index contributed by atoms with van der Waals surface area (Å²) in [5.74, 6) is 0.856. The SMILES string of the molecule is C=C1NC=C(C2=CC=C(C3=CC4=C(C=C(c5cnc[nH]5)CC4)CC3)CC2)N1. The van der Waals surface area contributed by atoms with E-state index < -0.39 is 0 Å².